The minimum absolute atomic E-state index is 0.418. The van der Waals surface area contributed by atoms with Crippen molar-refractivity contribution in [2.75, 3.05) is 0 Å². The fraction of sp³-hybridized carbons (Fsp3) is 0. The van der Waals surface area contributed by atoms with E-state index in [1.165, 1.54) is 22.8 Å². The van der Waals surface area contributed by atoms with Gasteiger partial charge in [0.05, 0.1) is 0 Å². The van der Waals surface area contributed by atoms with Crippen LogP contribution in [0.4, 0.5) is 4.39 Å². The van der Waals surface area contributed by atoms with Gasteiger partial charge in [0.2, 0.25) is 0 Å². The molecular weight excluding hydrogens is 157 g/mol. The van der Waals surface area contributed by atoms with Crippen molar-refractivity contribution in [2.24, 2.45) is 0 Å². The first-order chi connectivity index (χ1) is 5.84. The zero-order valence-electron chi connectivity index (χ0n) is 6.35. The predicted octanol–water partition coefficient (Wildman–Crippen LogP) is 2.01. The average molecular weight is 165 g/mol. The maximum Gasteiger partial charge on any atom is 0.197 e. The summed E-state index contributed by atoms with van der Waals surface area (Å²) in [6, 6.07) is 3.44. The standard InChI is InChI=1S/C9H8FNO/c10-9(5-1-4-8-12)11-6-2-3-7-11/h1-8H/b4-1+,9-5+. The largest absolute Gasteiger partial charge is 0.301 e. The Balaban J connectivity index is 2.71. The number of allylic oxidation sites excluding steroid dienone is 3. The molecule has 0 N–H and O–H groups in total. The molecule has 2 nitrogen and oxygen atoms in total. The molecule has 1 aromatic rings. The van der Waals surface area contributed by atoms with Crippen LogP contribution in [0.1, 0.15) is 0 Å². The maximum atomic E-state index is 12.9. The highest BCUT2D eigenvalue weighted by Gasteiger charge is 1.91. The van der Waals surface area contributed by atoms with Crippen LogP contribution in [0.15, 0.2) is 42.8 Å². The molecule has 1 aromatic heterocycles. The molecular formula is C9H8FNO. The third-order valence-corrected chi connectivity index (χ3v) is 1.27. The molecule has 0 bridgehead atoms. The summed E-state index contributed by atoms with van der Waals surface area (Å²) in [6.45, 7) is 0. The number of hydrogen-bond acceptors (Lipinski definition) is 1. The topological polar surface area (TPSA) is 22.0 Å². The van der Waals surface area contributed by atoms with Gasteiger partial charge >= 0.3 is 0 Å². The van der Waals surface area contributed by atoms with Gasteiger partial charge < -0.3 is 4.57 Å². The second-order valence-electron chi connectivity index (χ2n) is 2.10. The zero-order chi connectivity index (χ0) is 8.81. The van der Waals surface area contributed by atoms with Crippen LogP contribution in [0.2, 0.25) is 0 Å². The summed E-state index contributed by atoms with van der Waals surface area (Å²) < 4.78 is 14.3. The summed E-state index contributed by atoms with van der Waals surface area (Å²) in [5, 5.41) is 0. The molecule has 0 aliphatic carbocycles. The highest BCUT2D eigenvalue weighted by Crippen LogP contribution is 2.05. The lowest BCUT2D eigenvalue weighted by atomic mass is 10.5. The Labute approximate surface area is 69.6 Å². The van der Waals surface area contributed by atoms with E-state index in [1.54, 1.807) is 24.5 Å². The van der Waals surface area contributed by atoms with Crippen molar-refractivity contribution in [3.63, 3.8) is 0 Å². The number of hydrogen-bond donors (Lipinski definition) is 0. The van der Waals surface area contributed by atoms with Crippen LogP contribution in [-0.2, 0) is 4.79 Å². The Morgan fingerprint density at radius 2 is 1.92 bits per heavy atom. The van der Waals surface area contributed by atoms with E-state index in [0.717, 1.165) is 0 Å². The average Bonchev–Trinajstić information content (AvgIpc) is 2.56. The van der Waals surface area contributed by atoms with Crippen LogP contribution < -0.4 is 0 Å². The zero-order valence-corrected chi connectivity index (χ0v) is 6.35. The summed E-state index contributed by atoms with van der Waals surface area (Å²) in [4.78, 5) is 9.83. The number of nitrogens with zero attached hydrogens (tertiary/aromatic N) is 1. The molecule has 0 saturated carbocycles. The van der Waals surface area contributed by atoms with Gasteiger partial charge in [-0.1, -0.05) is 6.08 Å². The van der Waals surface area contributed by atoms with Gasteiger partial charge in [-0.2, -0.15) is 4.39 Å². The molecule has 62 valence electrons. The fourth-order valence-electron chi connectivity index (χ4n) is 0.743. The molecule has 0 saturated heterocycles. The molecule has 0 atom stereocenters. The van der Waals surface area contributed by atoms with Gasteiger partial charge in [-0.3, -0.25) is 4.79 Å². The van der Waals surface area contributed by atoms with Gasteiger partial charge in [0.25, 0.3) is 0 Å². The Kier molecular flexibility index (Phi) is 3.02. The molecule has 0 aliphatic rings. The summed E-state index contributed by atoms with van der Waals surface area (Å²) >= 11 is 0. The molecule has 0 amide bonds. The van der Waals surface area contributed by atoms with Crippen LogP contribution in [0.5, 0.6) is 0 Å². The lowest BCUT2D eigenvalue weighted by molar-refractivity contribution is -0.104. The van der Waals surface area contributed by atoms with Crippen LogP contribution in [-0.4, -0.2) is 10.9 Å². The summed E-state index contributed by atoms with van der Waals surface area (Å²) in [7, 11) is 0. The van der Waals surface area contributed by atoms with Gasteiger partial charge in [0.1, 0.15) is 6.29 Å². The van der Waals surface area contributed by atoms with Crippen molar-refractivity contribution in [1.82, 2.24) is 4.57 Å². The Morgan fingerprint density at radius 3 is 2.50 bits per heavy atom. The third kappa shape index (κ3) is 2.20. The SMILES string of the molecule is O=C/C=C/C=C(\F)n1cccc1. The number of aldehydes is 1. The van der Waals surface area contributed by atoms with Gasteiger partial charge in [0, 0.05) is 12.4 Å². The predicted molar refractivity (Wildman–Crippen MR) is 45.0 cm³/mol. The molecule has 1 heterocycles. The molecule has 0 radical (unpaired) electrons. The van der Waals surface area contributed by atoms with E-state index >= 15 is 0 Å². The van der Waals surface area contributed by atoms with Crippen LogP contribution >= 0.6 is 0 Å². The molecule has 0 unspecified atom stereocenters. The van der Waals surface area contributed by atoms with Crippen molar-refractivity contribution in [3.05, 3.63) is 42.8 Å². The minimum atomic E-state index is -0.418. The smallest absolute Gasteiger partial charge is 0.197 e. The number of aromatic nitrogens is 1. The Hall–Kier alpha value is -1.64. The normalized spacial score (nSPS) is 12.2. The highest BCUT2D eigenvalue weighted by atomic mass is 19.1. The number of carbonyl (C=O) groups is 1. The van der Waals surface area contributed by atoms with Crippen LogP contribution in [0.25, 0.3) is 5.95 Å². The van der Waals surface area contributed by atoms with Gasteiger partial charge in [-0.15, -0.1) is 0 Å². The van der Waals surface area contributed by atoms with Crippen molar-refractivity contribution < 1.29 is 9.18 Å². The fourth-order valence-corrected chi connectivity index (χ4v) is 0.743. The Bertz CT molecular complexity index is 298. The second-order valence-corrected chi connectivity index (χ2v) is 2.10. The summed E-state index contributed by atoms with van der Waals surface area (Å²) in [5.74, 6) is -0.418. The Morgan fingerprint density at radius 1 is 1.25 bits per heavy atom. The van der Waals surface area contributed by atoms with Gasteiger partial charge in [-0.25, -0.2) is 0 Å². The van der Waals surface area contributed by atoms with Gasteiger partial charge in [-0.05, 0) is 24.3 Å². The van der Waals surface area contributed by atoms with E-state index in [-0.39, 0.29) is 0 Å². The lowest BCUT2D eigenvalue weighted by Gasteiger charge is -1.94. The summed E-state index contributed by atoms with van der Waals surface area (Å²) in [5.41, 5.74) is 0. The van der Waals surface area contributed by atoms with Crippen molar-refractivity contribution >= 4 is 12.2 Å². The summed E-state index contributed by atoms with van der Waals surface area (Å²) in [6.07, 6.45) is 7.56. The first kappa shape index (κ1) is 8.46. The third-order valence-electron chi connectivity index (χ3n) is 1.27. The first-order valence-electron chi connectivity index (χ1n) is 3.45. The number of rotatable bonds is 3. The van der Waals surface area contributed by atoms with E-state index in [4.69, 9.17) is 0 Å². The van der Waals surface area contributed by atoms with E-state index < -0.39 is 5.95 Å². The quantitative estimate of drug-likeness (QED) is 0.381. The number of carbonyl (C=O) groups excluding carboxylic acids is 1. The van der Waals surface area contributed by atoms with Crippen LogP contribution in [0, 0.1) is 0 Å². The maximum absolute atomic E-state index is 12.9. The van der Waals surface area contributed by atoms with Crippen molar-refractivity contribution in [2.45, 2.75) is 0 Å². The molecule has 0 aromatic carbocycles. The number of halogens is 1. The van der Waals surface area contributed by atoms with E-state index in [0.29, 0.717) is 6.29 Å². The molecule has 0 spiro atoms. The first-order valence-corrected chi connectivity index (χ1v) is 3.45. The minimum Gasteiger partial charge on any atom is -0.301 e. The molecule has 0 fully saturated rings. The van der Waals surface area contributed by atoms with E-state index in [9.17, 15) is 9.18 Å². The van der Waals surface area contributed by atoms with Crippen molar-refractivity contribution in [1.29, 1.82) is 0 Å². The van der Waals surface area contributed by atoms with Gasteiger partial charge in [0.15, 0.2) is 5.95 Å². The second kappa shape index (κ2) is 4.28. The van der Waals surface area contributed by atoms with Crippen molar-refractivity contribution in [3.8, 4) is 0 Å². The molecule has 1 rings (SSSR count). The molecule has 12 heavy (non-hydrogen) atoms. The monoisotopic (exact) mass is 165 g/mol. The van der Waals surface area contributed by atoms with Crippen LogP contribution in [0.3, 0.4) is 0 Å². The van der Waals surface area contributed by atoms with E-state index in [1.807, 2.05) is 0 Å². The lowest BCUT2D eigenvalue weighted by Crippen LogP contribution is -1.84. The van der Waals surface area contributed by atoms with E-state index in [2.05, 4.69) is 0 Å². The molecule has 3 heteroatoms. The highest BCUT2D eigenvalue weighted by molar-refractivity contribution is 5.65. The molecule has 0 aliphatic heterocycles.